The number of nitrogens with zero attached hydrogens (tertiary/aromatic N) is 3. The molecule has 0 saturated heterocycles. The van der Waals surface area contributed by atoms with E-state index >= 15 is 0 Å². The molecule has 0 aliphatic rings. The van der Waals surface area contributed by atoms with Crippen LogP contribution in [0.2, 0.25) is 0 Å². The molecule has 0 saturated carbocycles. The van der Waals surface area contributed by atoms with Crippen LogP contribution < -0.4 is 10.6 Å². The van der Waals surface area contributed by atoms with Crippen LogP contribution >= 0.6 is 0 Å². The summed E-state index contributed by atoms with van der Waals surface area (Å²) in [4.78, 5) is 4.22. The number of aromatic nitrogens is 3. The van der Waals surface area contributed by atoms with Crippen LogP contribution in [0.3, 0.4) is 0 Å². The zero-order valence-corrected chi connectivity index (χ0v) is 12.9. The van der Waals surface area contributed by atoms with Crippen molar-refractivity contribution in [3.63, 3.8) is 0 Å². The minimum Gasteiger partial charge on any atom is -0.353 e. The highest BCUT2D eigenvalue weighted by Gasteiger charge is 2.29. The molecule has 1 aromatic carbocycles. The van der Waals surface area contributed by atoms with Crippen LogP contribution in [-0.4, -0.2) is 21.7 Å². The fourth-order valence-electron chi connectivity index (χ4n) is 1.80. The lowest BCUT2D eigenvalue weighted by molar-refractivity contribution is -0.137. The molecule has 0 amide bonds. The zero-order chi connectivity index (χ0) is 16.9. The first-order valence-corrected chi connectivity index (χ1v) is 7.22. The molecule has 5 nitrogen and oxygen atoms in total. The number of alkyl halides is 3. The lowest BCUT2D eigenvalue weighted by Gasteiger charge is -2.10. The maximum Gasteiger partial charge on any atom is 0.416 e. The summed E-state index contributed by atoms with van der Waals surface area (Å²) >= 11 is 0. The van der Waals surface area contributed by atoms with Gasteiger partial charge < -0.3 is 10.6 Å². The van der Waals surface area contributed by atoms with Crippen molar-refractivity contribution in [3.8, 4) is 0 Å². The molecule has 2 rings (SSSR count). The van der Waals surface area contributed by atoms with Gasteiger partial charge in [0.25, 0.3) is 0 Å². The Kier molecular flexibility index (Phi) is 5.36. The zero-order valence-electron chi connectivity index (χ0n) is 12.9. The standard InChI is InChI=1S/C15H18F3N5/c1-10(2)7-8-19-14-22-13(9-20-23-14)21-12-5-3-11(4-6-12)15(16,17)18/h3-6,9-10H,7-8H2,1-2H3,(H2,19,21,22,23). The van der Waals surface area contributed by atoms with Crippen LogP contribution in [0, 0.1) is 5.92 Å². The van der Waals surface area contributed by atoms with Crippen molar-refractivity contribution >= 4 is 17.5 Å². The first kappa shape index (κ1) is 17.0. The third kappa shape index (κ3) is 5.39. The maximum atomic E-state index is 12.5. The van der Waals surface area contributed by atoms with E-state index in [0.717, 1.165) is 25.1 Å². The summed E-state index contributed by atoms with van der Waals surface area (Å²) in [6.45, 7) is 4.95. The van der Waals surface area contributed by atoms with E-state index in [9.17, 15) is 13.2 Å². The van der Waals surface area contributed by atoms with Gasteiger partial charge >= 0.3 is 6.18 Å². The normalized spacial score (nSPS) is 11.6. The van der Waals surface area contributed by atoms with Gasteiger partial charge in [0.05, 0.1) is 11.8 Å². The molecule has 1 aromatic heterocycles. The van der Waals surface area contributed by atoms with Crippen LogP contribution in [0.25, 0.3) is 0 Å². The van der Waals surface area contributed by atoms with Crippen molar-refractivity contribution in [1.82, 2.24) is 15.2 Å². The molecule has 2 aromatic rings. The first-order valence-electron chi connectivity index (χ1n) is 7.22. The highest BCUT2D eigenvalue weighted by molar-refractivity contribution is 5.56. The number of nitrogens with one attached hydrogen (secondary N) is 2. The Morgan fingerprint density at radius 1 is 1.13 bits per heavy atom. The number of rotatable bonds is 6. The van der Waals surface area contributed by atoms with E-state index in [4.69, 9.17) is 0 Å². The fraction of sp³-hybridized carbons (Fsp3) is 0.400. The van der Waals surface area contributed by atoms with Gasteiger partial charge in [-0.15, -0.1) is 5.10 Å². The second-order valence-corrected chi connectivity index (χ2v) is 5.47. The van der Waals surface area contributed by atoms with E-state index in [1.165, 1.54) is 18.3 Å². The molecule has 0 spiro atoms. The molecule has 0 fully saturated rings. The van der Waals surface area contributed by atoms with E-state index in [1.807, 2.05) is 0 Å². The predicted octanol–water partition coefficient (Wildman–Crippen LogP) is 4.09. The summed E-state index contributed by atoms with van der Waals surface area (Å²) in [6.07, 6.45) is -1.96. The Morgan fingerprint density at radius 2 is 1.83 bits per heavy atom. The lowest BCUT2D eigenvalue weighted by atomic mass is 10.1. The van der Waals surface area contributed by atoms with Crippen molar-refractivity contribution < 1.29 is 13.2 Å². The molecule has 0 unspecified atom stereocenters. The monoisotopic (exact) mass is 325 g/mol. The molecule has 0 aliphatic carbocycles. The summed E-state index contributed by atoms with van der Waals surface area (Å²) in [5.41, 5.74) is -0.202. The van der Waals surface area contributed by atoms with Crippen molar-refractivity contribution in [1.29, 1.82) is 0 Å². The van der Waals surface area contributed by atoms with Crippen LogP contribution in [0.15, 0.2) is 30.5 Å². The Labute approximate surface area is 132 Å². The van der Waals surface area contributed by atoms with Gasteiger partial charge in [0.15, 0.2) is 5.82 Å². The van der Waals surface area contributed by atoms with Crippen molar-refractivity contribution in [3.05, 3.63) is 36.0 Å². The molecule has 124 valence electrons. The molecule has 23 heavy (non-hydrogen) atoms. The van der Waals surface area contributed by atoms with Crippen LogP contribution in [0.4, 0.5) is 30.6 Å². The highest BCUT2D eigenvalue weighted by Crippen LogP contribution is 2.30. The van der Waals surface area contributed by atoms with Gasteiger partial charge in [-0.05, 0) is 36.6 Å². The predicted molar refractivity (Wildman–Crippen MR) is 82.5 cm³/mol. The minimum absolute atomic E-state index is 0.377. The number of benzene rings is 1. The summed E-state index contributed by atoms with van der Waals surface area (Å²) in [7, 11) is 0. The largest absolute Gasteiger partial charge is 0.416 e. The smallest absolute Gasteiger partial charge is 0.353 e. The third-order valence-electron chi connectivity index (χ3n) is 3.05. The number of hydrogen-bond acceptors (Lipinski definition) is 5. The fourth-order valence-corrected chi connectivity index (χ4v) is 1.80. The molecular weight excluding hydrogens is 307 g/mol. The van der Waals surface area contributed by atoms with E-state index in [-0.39, 0.29) is 0 Å². The molecule has 2 N–H and O–H groups in total. The average Bonchev–Trinajstić information content (AvgIpc) is 2.47. The summed E-state index contributed by atoms with van der Waals surface area (Å²) in [5.74, 6) is 1.35. The molecule has 0 aliphatic heterocycles. The van der Waals surface area contributed by atoms with Gasteiger partial charge in [-0.1, -0.05) is 13.8 Å². The summed E-state index contributed by atoms with van der Waals surface area (Å²) < 4.78 is 37.5. The Balaban J connectivity index is 2.00. The highest BCUT2D eigenvalue weighted by atomic mass is 19.4. The third-order valence-corrected chi connectivity index (χ3v) is 3.05. The first-order chi connectivity index (χ1) is 10.8. The average molecular weight is 325 g/mol. The molecule has 0 bridgehead atoms. The molecule has 8 heteroatoms. The quantitative estimate of drug-likeness (QED) is 0.837. The van der Waals surface area contributed by atoms with Crippen LogP contribution in [0.1, 0.15) is 25.8 Å². The van der Waals surface area contributed by atoms with Crippen molar-refractivity contribution in [2.24, 2.45) is 5.92 Å². The summed E-state index contributed by atoms with van der Waals surface area (Å²) in [5, 5.41) is 13.6. The Morgan fingerprint density at radius 3 is 2.43 bits per heavy atom. The molecule has 0 radical (unpaired) electrons. The van der Waals surface area contributed by atoms with Crippen molar-refractivity contribution in [2.75, 3.05) is 17.2 Å². The van der Waals surface area contributed by atoms with Gasteiger partial charge in [0.1, 0.15) is 0 Å². The van der Waals surface area contributed by atoms with E-state index in [0.29, 0.717) is 23.4 Å². The van der Waals surface area contributed by atoms with E-state index < -0.39 is 11.7 Å². The number of hydrogen-bond donors (Lipinski definition) is 2. The summed E-state index contributed by atoms with van der Waals surface area (Å²) in [6, 6.07) is 4.71. The SMILES string of the molecule is CC(C)CCNc1nncc(Nc2ccc(C(F)(F)F)cc2)n1. The number of anilines is 3. The van der Waals surface area contributed by atoms with Gasteiger partial charge in [-0.3, -0.25) is 0 Å². The van der Waals surface area contributed by atoms with Crippen LogP contribution in [-0.2, 0) is 6.18 Å². The molecule has 0 atom stereocenters. The second kappa shape index (κ2) is 7.26. The topological polar surface area (TPSA) is 62.7 Å². The molecular formula is C15H18F3N5. The lowest BCUT2D eigenvalue weighted by Crippen LogP contribution is -2.09. The van der Waals surface area contributed by atoms with E-state index in [2.05, 4.69) is 39.7 Å². The van der Waals surface area contributed by atoms with Gasteiger partial charge in [0.2, 0.25) is 5.95 Å². The van der Waals surface area contributed by atoms with Crippen LogP contribution in [0.5, 0.6) is 0 Å². The second-order valence-electron chi connectivity index (χ2n) is 5.47. The van der Waals surface area contributed by atoms with E-state index in [1.54, 1.807) is 0 Å². The van der Waals surface area contributed by atoms with Crippen molar-refractivity contribution in [2.45, 2.75) is 26.4 Å². The number of halogens is 3. The Hall–Kier alpha value is -2.38. The maximum absolute atomic E-state index is 12.5. The van der Waals surface area contributed by atoms with Gasteiger partial charge in [0, 0.05) is 12.2 Å². The van der Waals surface area contributed by atoms with Gasteiger partial charge in [-0.25, -0.2) is 0 Å². The minimum atomic E-state index is -4.34. The van der Waals surface area contributed by atoms with Gasteiger partial charge in [-0.2, -0.15) is 23.3 Å². The molecule has 1 heterocycles. The Bertz CT molecular complexity index is 626.